The highest BCUT2D eigenvalue weighted by atomic mass is 35.5. The Bertz CT molecular complexity index is 175. The molecule has 6 heteroatoms. The van der Waals surface area contributed by atoms with Crippen LogP contribution in [0.1, 0.15) is 6.42 Å². The molecule has 0 N–H and O–H groups in total. The molecule has 0 aliphatic carbocycles. The van der Waals surface area contributed by atoms with Crippen LogP contribution in [-0.2, 0) is 13.3 Å². The van der Waals surface area contributed by atoms with Crippen molar-refractivity contribution < 1.29 is 13.3 Å². The van der Waals surface area contributed by atoms with E-state index in [2.05, 4.69) is 4.90 Å². The summed E-state index contributed by atoms with van der Waals surface area (Å²) in [6, 6.07) is 0.858. The smallest absolute Gasteiger partial charge is 0.372 e. The van der Waals surface area contributed by atoms with Gasteiger partial charge in [-0.1, -0.05) is 0 Å². The summed E-state index contributed by atoms with van der Waals surface area (Å²) in [6.07, 6.45) is 0.914. The molecule has 0 atom stereocenters. The van der Waals surface area contributed by atoms with Gasteiger partial charge >= 0.3 is 8.80 Å². The summed E-state index contributed by atoms with van der Waals surface area (Å²) in [4.78, 5) is 2.32. The second kappa shape index (κ2) is 5.61. The summed E-state index contributed by atoms with van der Waals surface area (Å²) in [7, 11) is -2.36. The van der Waals surface area contributed by atoms with E-state index in [0.29, 0.717) is 5.88 Å². The van der Waals surface area contributed by atoms with Gasteiger partial charge in [-0.05, 0) is 6.42 Å². The standard InChI is InChI=1S/C9H18ClNO3Si/c10-2-1-9-15-12-6-3-11(4-7-13-15)5-8-14-15/h1-9H2. The molecule has 3 heterocycles. The van der Waals surface area contributed by atoms with Crippen molar-refractivity contribution in [3.63, 3.8) is 0 Å². The van der Waals surface area contributed by atoms with Crippen LogP contribution in [0.2, 0.25) is 6.04 Å². The molecule has 3 aliphatic rings. The van der Waals surface area contributed by atoms with E-state index in [1.54, 1.807) is 0 Å². The molecule has 0 spiro atoms. The zero-order valence-electron chi connectivity index (χ0n) is 8.91. The lowest BCUT2D eigenvalue weighted by atomic mass is 10.4. The van der Waals surface area contributed by atoms with Gasteiger partial charge < -0.3 is 13.3 Å². The monoisotopic (exact) mass is 251 g/mol. The third kappa shape index (κ3) is 3.15. The molecule has 3 fully saturated rings. The zero-order valence-corrected chi connectivity index (χ0v) is 10.7. The summed E-state index contributed by atoms with van der Waals surface area (Å²) < 4.78 is 17.5. The van der Waals surface area contributed by atoms with E-state index in [0.717, 1.165) is 51.9 Å². The third-order valence-corrected chi connectivity index (χ3v) is 5.97. The van der Waals surface area contributed by atoms with Crippen molar-refractivity contribution in [2.75, 3.05) is 45.3 Å². The molecule has 15 heavy (non-hydrogen) atoms. The number of nitrogens with zero attached hydrogens (tertiary/aromatic N) is 1. The van der Waals surface area contributed by atoms with E-state index in [1.165, 1.54) is 0 Å². The molecule has 0 radical (unpaired) electrons. The maximum absolute atomic E-state index is 5.84. The largest absolute Gasteiger partial charge is 0.501 e. The van der Waals surface area contributed by atoms with E-state index in [-0.39, 0.29) is 0 Å². The third-order valence-electron chi connectivity index (χ3n) is 2.81. The number of halogens is 1. The molecule has 0 saturated carbocycles. The molecule has 88 valence electrons. The highest BCUT2D eigenvalue weighted by Crippen LogP contribution is 2.21. The van der Waals surface area contributed by atoms with E-state index in [4.69, 9.17) is 24.9 Å². The predicted molar refractivity (Wildman–Crippen MR) is 60.2 cm³/mol. The number of hydrogen-bond acceptors (Lipinski definition) is 4. The van der Waals surface area contributed by atoms with E-state index < -0.39 is 8.80 Å². The molecule has 0 amide bonds. The molecule has 0 aromatic heterocycles. The summed E-state index contributed by atoms with van der Waals surface area (Å²) in [6.45, 7) is 5.20. The first-order chi connectivity index (χ1) is 7.35. The fraction of sp³-hybridized carbons (Fsp3) is 1.00. The van der Waals surface area contributed by atoms with E-state index in [9.17, 15) is 0 Å². The maximum atomic E-state index is 5.84. The van der Waals surface area contributed by atoms with Gasteiger partial charge in [0.2, 0.25) is 0 Å². The van der Waals surface area contributed by atoms with E-state index in [1.807, 2.05) is 0 Å². The molecule has 4 nitrogen and oxygen atoms in total. The van der Waals surface area contributed by atoms with E-state index >= 15 is 0 Å². The average Bonchev–Trinajstić information content (AvgIpc) is 2.14. The lowest BCUT2D eigenvalue weighted by Crippen LogP contribution is -2.55. The molecule has 3 aliphatic heterocycles. The van der Waals surface area contributed by atoms with Crippen molar-refractivity contribution in [3.05, 3.63) is 0 Å². The van der Waals surface area contributed by atoms with Crippen molar-refractivity contribution in [3.8, 4) is 0 Å². The molecule has 3 saturated heterocycles. The molecular weight excluding hydrogens is 234 g/mol. The average molecular weight is 252 g/mol. The van der Waals surface area contributed by atoms with Crippen LogP contribution in [0, 0.1) is 0 Å². The summed E-state index contributed by atoms with van der Waals surface area (Å²) in [5, 5.41) is 0. The van der Waals surface area contributed by atoms with Crippen LogP contribution in [0.15, 0.2) is 0 Å². The molecular formula is C9H18ClNO3Si. The van der Waals surface area contributed by atoms with Gasteiger partial charge in [-0.15, -0.1) is 11.6 Å². The fourth-order valence-corrected chi connectivity index (χ4v) is 4.81. The van der Waals surface area contributed by atoms with Crippen LogP contribution in [0.3, 0.4) is 0 Å². The minimum atomic E-state index is -2.36. The van der Waals surface area contributed by atoms with Crippen LogP contribution in [0.25, 0.3) is 0 Å². The van der Waals surface area contributed by atoms with Gasteiger partial charge in [0.1, 0.15) is 0 Å². The molecule has 0 aromatic carbocycles. The SMILES string of the molecule is ClCCC[Si]12OCCN(CCO1)CCO2. The Labute approximate surface area is 96.8 Å². The zero-order chi connectivity index (χ0) is 10.6. The van der Waals surface area contributed by atoms with Crippen molar-refractivity contribution in [1.82, 2.24) is 4.90 Å². The van der Waals surface area contributed by atoms with Crippen molar-refractivity contribution in [1.29, 1.82) is 0 Å². The van der Waals surface area contributed by atoms with Crippen LogP contribution in [0.5, 0.6) is 0 Å². The van der Waals surface area contributed by atoms with Crippen LogP contribution >= 0.6 is 11.6 Å². The Morgan fingerprint density at radius 3 is 2.00 bits per heavy atom. The van der Waals surface area contributed by atoms with Gasteiger partial charge in [-0.2, -0.15) is 0 Å². The first-order valence-corrected chi connectivity index (χ1v) is 8.01. The summed E-state index contributed by atoms with van der Waals surface area (Å²) in [5.41, 5.74) is 0. The van der Waals surface area contributed by atoms with Crippen LogP contribution in [0.4, 0.5) is 0 Å². The maximum Gasteiger partial charge on any atom is 0.501 e. The van der Waals surface area contributed by atoms with Gasteiger partial charge in [-0.25, -0.2) is 0 Å². The number of rotatable bonds is 3. The van der Waals surface area contributed by atoms with Gasteiger partial charge in [-0.3, -0.25) is 4.90 Å². The van der Waals surface area contributed by atoms with Crippen LogP contribution in [-0.4, -0.2) is 59.0 Å². The summed E-state index contributed by atoms with van der Waals surface area (Å²) >= 11 is 5.71. The highest BCUT2D eigenvalue weighted by molar-refractivity contribution is 6.60. The lowest BCUT2D eigenvalue weighted by Gasteiger charge is -2.38. The van der Waals surface area contributed by atoms with Gasteiger partial charge in [0.25, 0.3) is 0 Å². The van der Waals surface area contributed by atoms with Crippen LogP contribution < -0.4 is 0 Å². The molecule has 0 aromatic rings. The molecule has 2 bridgehead atoms. The molecule has 3 rings (SSSR count). The minimum Gasteiger partial charge on any atom is -0.372 e. The van der Waals surface area contributed by atoms with Gasteiger partial charge in [0.15, 0.2) is 0 Å². The normalized spacial score (nSPS) is 37.0. The van der Waals surface area contributed by atoms with Gasteiger partial charge in [0, 0.05) is 31.6 Å². The topological polar surface area (TPSA) is 30.9 Å². The Balaban J connectivity index is 1.98. The second-order valence-electron chi connectivity index (χ2n) is 3.86. The quantitative estimate of drug-likeness (QED) is 0.552. The highest BCUT2D eigenvalue weighted by Gasteiger charge is 2.43. The van der Waals surface area contributed by atoms with Crippen molar-refractivity contribution >= 4 is 20.4 Å². The predicted octanol–water partition coefficient (Wildman–Crippen LogP) is 0.933. The molecule has 0 unspecified atom stereocenters. The van der Waals surface area contributed by atoms with Crippen molar-refractivity contribution in [2.24, 2.45) is 0 Å². The first-order valence-electron chi connectivity index (χ1n) is 5.55. The second-order valence-corrected chi connectivity index (χ2v) is 6.97. The lowest BCUT2D eigenvalue weighted by molar-refractivity contribution is -0.00829. The Morgan fingerprint density at radius 1 is 1.00 bits per heavy atom. The fourth-order valence-electron chi connectivity index (χ4n) is 1.95. The number of hydrogen-bond donors (Lipinski definition) is 0. The first kappa shape index (κ1) is 11.8. The number of alkyl halides is 1. The minimum absolute atomic E-state index is 0.650. The number of fused-ring (bicyclic) bond motifs is 6. The summed E-state index contributed by atoms with van der Waals surface area (Å²) in [5.74, 6) is 0.650. The Morgan fingerprint density at radius 2 is 1.53 bits per heavy atom. The Hall–Kier alpha value is 0.347. The van der Waals surface area contributed by atoms with Gasteiger partial charge in [0.05, 0.1) is 19.8 Å². The van der Waals surface area contributed by atoms with Crippen molar-refractivity contribution in [2.45, 2.75) is 12.5 Å². The Kier molecular flexibility index (Phi) is 4.42.